The monoisotopic (exact) mass is 245 g/mol. The van der Waals surface area contributed by atoms with Crippen LogP contribution in [0.2, 0.25) is 0 Å². The van der Waals surface area contributed by atoms with Gasteiger partial charge in [0, 0.05) is 12.2 Å². The summed E-state index contributed by atoms with van der Waals surface area (Å²) < 4.78 is 0. The summed E-state index contributed by atoms with van der Waals surface area (Å²) in [6.07, 6.45) is 3.10. The quantitative estimate of drug-likeness (QED) is 0.658. The summed E-state index contributed by atoms with van der Waals surface area (Å²) in [5.74, 6) is 1.08. The van der Waals surface area contributed by atoms with Crippen molar-refractivity contribution in [2.75, 3.05) is 11.4 Å². The molecule has 0 saturated heterocycles. The molecule has 0 spiro atoms. The fourth-order valence-electron chi connectivity index (χ4n) is 2.38. The van der Waals surface area contributed by atoms with E-state index >= 15 is 0 Å². The number of rotatable bonds is 6. The average molecular weight is 245 g/mol. The van der Waals surface area contributed by atoms with E-state index in [1.807, 2.05) is 6.20 Å². The van der Waals surface area contributed by atoms with Crippen molar-refractivity contribution >= 4 is 5.69 Å². The summed E-state index contributed by atoms with van der Waals surface area (Å²) in [4.78, 5) is 2.31. The Hall–Kier alpha value is -1.24. The zero-order valence-corrected chi connectivity index (χ0v) is 12.5. The van der Waals surface area contributed by atoms with Crippen LogP contribution in [0.1, 0.15) is 64.0 Å². The smallest absolute Gasteiger partial charge is 0.0476 e. The third-order valence-electron chi connectivity index (χ3n) is 3.31. The van der Waals surface area contributed by atoms with E-state index in [1.165, 1.54) is 16.8 Å². The highest BCUT2D eigenvalue weighted by molar-refractivity contribution is 5.63. The third-order valence-corrected chi connectivity index (χ3v) is 3.31. The van der Waals surface area contributed by atoms with Gasteiger partial charge in [-0.2, -0.15) is 0 Å². The van der Waals surface area contributed by atoms with Crippen molar-refractivity contribution in [2.24, 2.45) is 0 Å². The highest BCUT2D eigenvalue weighted by Gasteiger charge is 2.17. The molecule has 0 fully saturated rings. The van der Waals surface area contributed by atoms with Crippen LogP contribution in [0, 0.1) is 0 Å². The predicted octanol–water partition coefficient (Wildman–Crippen LogP) is 5.29. The zero-order valence-electron chi connectivity index (χ0n) is 12.5. The normalized spacial score (nSPS) is 11.1. The number of anilines is 1. The number of para-hydroxylation sites is 1. The molecule has 1 nitrogen and oxygen atoms in total. The Bertz CT molecular complexity index is 364. The van der Waals surface area contributed by atoms with Gasteiger partial charge in [0.2, 0.25) is 0 Å². The Morgan fingerprint density at radius 2 is 1.61 bits per heavy atom. The van der Waals surface area contributed by atoms with Gasteiger partial charge in [0.1, 0.15) is 0 Å². The van der Waals surface area contributed by atoms with E-state index in [4.69, 9.17) is 0 Å². The van der Waals surface area contributed by atoms with Crippen molar-refractivity contribution in [3.05, 3.63) is 42.1 Å². The van der Waals surface area contributed by atoms with Crippen LogP contribution in [0.25, 0.3) is 0 Å². The molecule has 1 aromatic rings. The maximum Gasteiger partial charge on any atom is 0.0476 e. The molecule has 1 rings (SSSR count). The highest BCUT2D eigenvalue weighted by atomic mass is 15.1. The lowest BCUT2D eigenvalue weighted by Gasteiger charge is -2.28. The second-order valence-corrected chi connectivity index (χ2v) is 5.47. The lowest BCUT2D eigenvalue weighted by Crippen LogP contribution is -2.20. The minimum atomic E-state index is 0.540. The van der Waals surface area contributed by atoms with E-state index in [1.54, 1.807) is 0 Å². The number of hydrogen-bond acceptors (Lipinski definition) is 1. The standard InChI is InChI=1S/C17H27N/c1-7-12-18(8-2)17-15(13(3)4)10-9-11-16(17)14(5)6/h8-11,13-14H,2,7,12H2,1,3-6H3. The third kappa shape index (κ3) is 3.16. The summed E-state index contributed by atoms with van der Waals surface area (Å²) >= 11 is 0. The Morgan fingerprint density at radius 1 is 1.11 bits per heavy atom. The van der Waals surface area contributed by atoms with Gasteiger partial charge in [-0.1, -0.05) is 59.4 Å². The number of nitrogens with zero attached hydrogens (tertiary/aromatic N) is 1. The summed E-state index contributed by atoms with van der Waals surface area (Å²) in [6, 6.07) is 6.68. The van der Waals surface area contributed by atoms with Crippen LogP contribution in [0.3, 0.4) is 0 Å². The molecule has 0 atom stereocenters. The van der Waals surface area contributed by atoms with Gasteiger partial charge in [-0.05, 0) is 35.6 Å². The topological polar surface area (TPSA) is 3.24 Å². The zero-order chi connectivity index (χ0) is 13.7. The van der Waals surface area contributed by atoms with Crippen LogP contribution >= 0.6 is 0 Å². The average Bonchev–Trinajstić information content (AvgIpc) is 2.34. The first kappa shape index (κ1) is 14.8. The Kier molecular flexibility index (Phi) is 5.46. The van der Waals surface area contributed by atoms with Gasteiger partial charge < -0.3 is 4.90 Å². The molecular formula is C17H27N. The first-order valence-electron chi connectivity index (χ1n) is 7.04. The molecule has 0 saturated carbocycles. The van der Waals surface area contributed by atoms with Crippen LogP contribution in [-0.4, -0.2) is 6.54 Å². The van der Waals surface area contributed by atoms with Crippen molar-refractivity contribution in [3.63, 3.8) is 0 Å². The van der Waals surface area contributed by atoms with Crippen molar-refractivity contribution in [1.29, 1.82) is 0 Å². The Balaban J connectivity index is 3.38. The molecule has 0 aromatic heterocycles. The van der Waals surface area contributed by atoms with Gasteiger partial charge in [-0.15, -0.1) is 0 Å². The van der Waals surface area contributed by atoms with Crippen molar-refractivity contribution < 1.29 is 0 Å². The van der Waals surface area contributed by atoms with Gasteiger partial charge in [0.15, 0.2) is 0 Å². The van der Waals surface area contributed by atoms with Crippen LogP contribution in [0.4, 0.5) is 5.69 Å². The number of benzene rings is 1. The van der Waals surface area contributed by atoms with Gasteiger partial charge in [-0.25, -0.2) is 0 Å². The Labute approximate surface area is 113 Å². The molecule has 100 valence electrons. The molecular weight excluding hydrogens is 218 g/mol. The summed E-state index contributed by atoms with van der Waals surface area (Å²) in [6.45, 7) is 16.3. The van der Waals surface area contributed by atoms with E-state index in [-0.39, 0.29) is 0 Å². The fourth-order valence-corrected chi connectivity index (χ4v) is 2.38. The molecule has 0 aliphatic carbocycles. The summed E-state index contributed by atoms with van der Waals surface area (Å²) in [7, 11) is 0. The molecule has 0 bridgehead atoms. The molecule has 0 amide bonds. The minimum absolute atomic E-state index is 0.540. The SMILES string of the molecule is C=CN(CCC)c1c(C(C)C)cccc1C(C)C. The molecule has 1 aromatic carbocycles. The number of hydrogen-bond donors (Lipinski definition) is 0. The van der Waals surface area contributed by atoms with Crippen LogP contribution in [0.15, 0.2) is 31.0 Å². The lowest BCUT2D eigenvalue weighted by atomic mass is 9.92. The summed E-state index contributed by atoms with van der Waals surface area (Å²) in [5.41, 5.74) is 4.23. The largest absolute Gasteiger partial charge is 0.348 e. The maximum absolute atomic E-state index is 3.98. The van der Waals surface area contributed by atoms with Crippen LogP contribution in [-0.2, 0) is 0 Å². The highest BCUT2D eigenvalue weighted by Crippen LogP contribution is 2.35. The lowest BCUT2D eigenvalue weighted by molar-refractivity contribution is 0.800. The second kappa shape index (κ2) is 6.63. The minimum Gasteiger partial charge on any atom is -0.348 e. The van der Waals surface area contributed by atoms with Crippen molar-refractivity contribution in [3.8, 4) is 0 Å². The Morgan fingerprint density at radius 3 is 1.94 bits per heavy atom. The molecule has 0 N–H and O–H groups in total. The predicted molar refractivity (Wildman–Crippen MR) is 82.5 cm³/mol. The molecule has 0 aliphatic rings. The van der Waals surface area contributed by atoms with E-state index in [9.17, 15) is 0 Å². The van der Waals surface area contributed by atoms with E-state index in [0.717, 1.165) is 13.0 Å². The van der Waals surface area contributed by atoms with Gasteiger partial charge in [-0.3, -0.25) is 0 Å². The first-order chi connectivity index (χ1) is 8.52. The van der Waals surface area contributed by atoms with Gasteiger partial charge >= 0.3 is 0 Å². The van der Waals surface area contributed by atoms with Crippen molar-refractivity contribution in [1.82, 2.24) is 0 Å². The van der Waals surface area contributed by atoms with E-state index in [0.29, 0.717) is 11.8 Å². The molecule has 0 radical (unpaired) electrons. The second-order valence-electron chi connectivity index (χ2n) is 5.47. The maximum atomic E-state index is 3.98. The van der Waals surface area contributed by atoms with Crippen LogP contribution in [0.5, 0.6) is 0 Å². The molecule has 0 aliphatic heterocycles. The van der Waals surface area contributed by atoms with Crippen molar-refractivity contribution in [2.45, 2.75) is 52.9 Å². The fraction of sp³-hybridized carbons (Fsp3) is 0.529. The van der Waals surface area contributed by atoms with Gasteiger partial charge in [0.25, 0.3) is 0 Å². The molecule has 18 heavy (non-hydrogen) atoms. The van der Waals surface area contributed by atoms with E-state index in [2.05, 4.69) is 64.3 Å². The van der Waals surface area contributed by atoms with Crippen LogP contribution < -0.4 is 4.90 Å². The molecule has 0 heterocycles. The summed E-state index contributed by atoms with van der Waals surface area (Å²) in [5, 5.41) is 0. The first-order valence-corrected chi connectivity index (χ1v) is 7.04. The molecule has 0 unspecified atom stereocenters. The van der Waals surface area contributed by atoms with Gasteiger partial charge in [0.05, 0.1) is 0 Å². The molecule has 1 heteroatoms. The van der Waals surface area contributed by atoms with E-state index < -0.39 is 0 Å².